The average Bonchev–Trinajstić information content (AvgIpc) is 3.06. The van der Waals surface area contributed by atoms with Crippen LogP contribution in [0.5, 0.6) is 0 Å². The summed E-state index contributed by atoms with van der Waals surface area (Å²) in [4.78, 5) is 16.1. The van der Waals surface area contributed by atoms with Crippen LogP contribution in [0, 0.1) is 5.82 Å². The molecule has 0 saturated heterocycles. The van der Waals surface area contributed by atoms with Gasteiger partial charge in [0.25, 0.3) is 0 Å². The number of urea groups is 1. The first-order valence-corrected chi connectivity index (χ1v) is 10.4. The van der Waals surface area contributed by atoms with Crippen molar-refractivity contribution in [3.05, 3.63) is 46.6 Å². The number of carbonyl (C=O) groups is 1. The van der Waals surface area contributed by atoms with Crippen LogP contribution >= 0.6 is 15.9 Å². The first-order valence-electron chi connectivity index (χ1n) is 7.69. The molecule has 0 aliphatic carbocycles. The molecular weight excluding hydrogens is 461 g/mol. The molecule has 0 aliphatic heterocycles. The van der Waals surface area contributed by atoms with E-state index in [0.717, 1.165) is 6.26 Å². The molecule has 0 unspecified atom stereocenters. The van der Waals surface area contributed by atoms with Crippen LogP contribution in [0.1, 0.15) is 5.56 Å². The maximum absolute atomic E-state index is 13.3. The number of sulfonamides is 1. The molecule has 13 heteroatoms. The Morgan fingerprint density at radius 3 is 2.71 bits per heavy atom. The third kappa shape index (κ3) is 6.60. The number of halogens is 2. The van der Waals surface area contributed by atoms with Gasteiger partial charge in [-0.15, -0.1) is 0 Å². The number of nitrogens with zero attached hydrogens (tertiary/aromatic N) is 1. The molecular formula is C15H17BrFN5O5S. The molecule has 152 valence electrons. The average molecular weight is 478 g/mol. The Balaban J connectivity index is 2.07. The van der Waals surface area contributed by atoms with Gasteiger partial charge in [0.05, 0.1) is 27.7 Å². The Morgan fingerprint density at radius 2 is 2.07 bits per heavy atom. The summed E-state index contributed by atoms with van der Waals surface area (Å²) in [6, 6.07) is 3.37. The minimum atomic E-state index is -3.34. The molecule has 28 heavy (non-hydrogen) atoms. The fraction of sp³-hybridized carbons (Fsp3) is 0.200. The SMILES string of the molecule is CS(=O)(=O)NCCNC(=O)Nc1cocc1C(=Nc1ccc(F)c(Br)c1)NO. The molecule has 0 saturated carbocycles. The number of benzene rings is 1. The van der Waals surface area contributed by atoms with E-state index in [9.17, 15) is 22.8 Å². The normalized spacial score (nSPS) is 11.9. The maximum atomic E-state index is 13.3. The van der Waals surface area contributed by atoms with Crippen molar-refractivity contribution in [2.24, 2.45) is 4.99 Å². The molecule has 5 N–H and O–H groups in total. The van der Waals surface area contributed by atoms with Gasteiger partial charge in [-0.05, 0) is 34.1 Å². The zero-order valence-corrected chi connectivity index (χ0v) is 16.9. The van der Waals surface area contributed by atoms with Crippen molar-refractivity contribution < 1.29 is 27.2 Å². The summed E-state index contributed by atoms with van der Waals surface area (Å²) < 4.78 is 42.7. The van der Waals surface area contributed by atoms with E-state index in [4.69, 9.17) is 4.42 Å². The Morgan fingerprint density at radius 1 is 1.32 bits per heavy atom. The molecule has 0 fully saturated rings. The molecule has 2 amide bonds. The molecule has 0 bridgehead atoms. The highest BCUT2D eigenvalue weighted by Crippen LogP contribution is 2.24. The minimum Gasteiger partial charge on any atom is -0.470 e. The highest BCUT2D eigenvalue weighted by molar-refractivity contribution is 9.10. The quantitative estimate of drug-likeness (QED) is 0.178. The van der Waals surface area contributed by atoms with Crippen LogP contribution in [0.4, 0.5) is 20.6 Å². The molecule has 0 spiro atoms. The Bertz CT molecular complexity index is 979. The van der Waals surface area contributed by atoms with Gasteiger partial charge in [0.2, 0.25) is 10.0 Å². The van der Waals surface area contributed by atoms with Crippen molar-refractivity contribution in [3.8, 4) is 0 Å². The summed E-state index contributed by atoms with van der Waals surface area (Å²) in [5.41, 5.74) is 2.65. The summed E-state index contributed by atoms with van der Waals surface area (Å²) in [6.45, 7) is 0.0732. The van der Waals surface area contributed by atoms with E-state index in [1.807, 2.05) is 5.48 Å². The molecule has 2 rings (SSSR count). The second kappa shape index (κ2) is 9.64. The summed E-state index contributed by atoms with van der Waals surface area (Å²) in [7, 11) is -3.34. The topological polar surface area (TPSA) is 145 Å². The molecule has 2 aromatic rings. The lowest BCUT2D eigenvalue weighted by molar-refractivity contribution is 0.235. The largest absolute Gasteiger partial charge is 0.470 e. The number of anilines is 1. The molecule has 10 nitrogen and oxygen atoms in total. The highest BCUT2D eigenvalue weighted by Gasteiger charge is 2.15. The van der Waals surface area contributed by atoms with Gasteiger partial charge < -0.3 is 15.1 Å². The monoisotopic (exact) mass is 477 g/mol. The standard InChI is InChI=1S/C15H17BrFN5O5S/c1-28(25,26)19-5-4-18-15(23)21-13-8-27-7-10(13)14(22-24)20-9-2-3-12(17)11(16)6-9/h2-3,6-8,19,24H,4-5H2,1H3,(H,20,22)(H2,18,21,23). The van der Waals surface area contributed by atoms with Crippen LogP contribution in [0.15, 0.2) is 44.6 Å². The third-order valence-electron chi connectivity index (χ3n) is 3.19. The highest BCUT2D eigenvalue weighted by atomic mass is 79.9. The van der Waals surface area contributed by atoms with Gasteiger partial charge >= 0.3 is 6.03 Å². The van der Waals surface area contributed by atoms with E-state index in [1.165, 1.54) is 30.7 Å². The van der Waals surface area contributed by atoms with E-state index in [-0.39, 0.29) is 34.6 Å². The van der Waals surface area contributed by atoms with Crippen molar-refractivity contribution >= 4 is 49.2 Å². The molecule has 0 radical (unpaired) electrons. The van der Waals surface area contributed by atoms with Crippen molar-refractivity contribution in [3.63, 3.8) is 0 Å². The fourth-order valence-electron chi connectivity index (χ4n) is 1.99. The van der Waals surface area contributed by atoms with Gasteiger partial charge in [0.1, 0.15) is 18.3 Å². The number of aliphatic imine (C=N–C) groups is 1. The van der Waals surface area contributed by atoms with Crippen LogP contribution in [-0.4, -0.2) is 44.8 Å². The van der Waals surface area contributed by atoms with E-state index in [0.29, 0.717) is 5.69 Å². The number of hydroxylamine groups is 1. The van der Waals surface area contributed by atoms with Crippen LogP contribution in [0.25, 0.3) is 0 Å². The summed E-state index contributed by atoms with van der Waals surface area (Å²) >= 11 is 3.04. The number of hydrogen-bond donors (Lipinski definition) is 5. The molecule has 0 atom stereocenters. The lowest BCUT2D eigenvalue weighted by Gasteiger charge is -2.09. The first-order chi connectivity index (χ1) is 13.2. The van der Waals surface area contributed by atoms with E-state index < -0.39 is 21.9 Å². The Labute approximate surface area is 168 Å². The molecule has 1 aromatic carbocycles. The van der Waals surface area contributed by atoms with Crippen LogP contribution in [0.2, 0.25) is 0 Å². The Kier molecular flexibility index (Phi) is 7.51. The number of amides is 2. The van der Waals surface area contributed by atoms with Crippen LogP contribution < -0.4 is 20.8 Å². The minimum absolute atomic E-state index is 0.0227. The van der Waals surface area contributed by atoms with E-state index in [2.05, 4.69) is 36.3 Å². The zero-order chi connectivity index (χ0) is 20.7. The number of rotatable bonds is 7. The number of amidine groups is 1. The first kappa shape index (κ1) is 21.8. The van der Waals surface area contributed by atoms with E-state index >= 15 is 0 Å². The Hall–Kier alpha value is -2.48. The number of nitrogens with one attached hydrogen (secondary N) is 4. The second-order valence-electron chi connectivity index (χ2n) is 5.42. The summed E-state index contributed by atoms with van der Waals surface area (Å²) in [5, 5.41) is 14.3. The maximum Gasteiger partial charge on any atom is 0.319 e. The lowest BCUT2D eigenvalue weighted by atomic mass is 10.2. The fourth-order valence-corrected chi connectivity index (χ4v) is 2.82. The van der Waals surface area contributed by atoms with Gasteiger partial charge in [-0.2, -0.15) is 0 Å². The predicted molar refractivity (Wildman–Crippen MR) is 104 cm³/mol. The molecule has 1 heterocycles. The smallest absolute Gasteiger partial charge is 0.319 e. The molecule has 0 aliphatic rings. The zero-order valence-electron chi connectivity index (χ0n) is 14.5. The van der Waals surface area contributed by atoms with Gasteiger partial charge in [-0.3, -0.25) is 10.7 Å². The second-order valence-corrected chi connectivity index (χ2v) is 8.10. The summed E-state index contributed by atoms with van der Waals surface area (Å²) in [5.74, 6) is -0.522. The van der Waals surface area contributed by atoms with Crippen LogP contribution in [-0.2, 0) is 10.0 Å². The van der Waals surface area contributed by atoms with E-state index in [1.54, 1.807) is 0 Å². The van der Waals surface area contributed by atoms with Gasteiger partial charge in [-0.25, -0.2) is 27.3 Å². The number of hydrogen-bond acceptors (Lipinski definition) is 6. The van der Waals surface area contributed by atoms with Gasteiger partial charge in [-0.1, -0.05) is 0 Å². The van der Waals surface area contributed by atoms with Crippen LogP contribution in [0.3, 0.4) is 0 Å². The third-order valence-corrected chi connectivity index (χ3v) is 4.53. The van der Waals surface area contributed by atoms with Crippen molar-refractivity contribution in [1.82, 2.24) is 15.5 Å². The number of carbonyl (C=O) groups excluding carboxylic acids is 1. The summed E-state index contributed by atoms with van der Waals surface area (Å²) in [6.07, 6.45) is 3.46. The lowest BCUT2D eigenvalue weighted by Crippen LogP contribution is -2.36. The molecule has 1 aromatic heterocycles. The predicted octanol–water partition coefficient (Wildman–Crippen LogP) is 1.91. The van der Waals surface area contributed by atoms with Crippen molar-refractivity contribution in [2.45, 2.75) is 0 Å². The van der Waals surface area contributed by atoms with Crippen molar-refractivity contribution in [1.29, 1.82) is 0 Å². The van der Waals surface area contributed by atoms with Crippen molar-refractivity contribution in [2.75, 3.05) is 24.7 Å². The van der Waals surface area contributed by atoms with Gasteiger partial charge in [0, 0.05) is 13.1 Å². The number of furan rings is 1. The van der Waals surface area contributed by atoms with Gasteiger partial charge in [0.15, 0.2) is 5.84 Å².